The molecule has 0 amide bonds. The van der Waals surface area contributed by atoms with Crippen LogP contribution in [0.4, 0.5) is 0 Å². The Morgan fingerprint density at radius 2 is 2.53 bits per heavy atom. The Bertz CT molecular complexity index is 387. The zero-order valence-corrected chi connectivity index (χ0v) is 9.47. The van der Waals surface area contributed by atoms with Crippen LogP contribution < -0.4 is 5.56 Å². The summed E-state index contributed by atoms with van der Waals surface area (Å²) in [4.78, 5) is 18.4. The van der Waals surface area contributed by atoms with Gasteiger partial charge in [0, 0.05) is 17.5 Å². The molecule has 1 atom stereocenters. The molecule has 1 aromatic rings. The van der Waals surface area contributed by atoms with Crippen molar-refractivity contribution >= 4 is 11.8 Å². The Labute approximate surface area is 92.5 Å². The number of ether oxygens (including phenoxy) is 1. The summed E-state index contributed by atoms with van der Waals surface area (Å²) in [6.45, 7) is 2.92. The molecule has 1 saturated heterocycles. The lowest BCUT2D eigenvalue weighted by atomic mass is 10.2. The largest absolute Gasteiger partial charge is 0.372 e. The molecule has 1 fully saturated rings. The lowest BCUT2D eigenvalue weighted by Gasteiger charge is -2.01. The highest BCUT2D eigenvalue weighted by atomic mass is 32.2. The summed E-state index contributed by atoms with van der Waals surface area (Å²) in [5.41, 5.74) is 0.813. The van der Waals surface area contributed by atoms with E-state index >= 15 is 0 Å². The lowest BCUT2D eigenvalue weighted by molar-refractivity contribution is 0.426. The molecule has 1 unspecified atom stereocenters. The predicted octanol–water partition coefficient (Wildman–Crippen LogP) is 1.21. The summed E-state index contributed by atoms with van der Waals surface area (Å²) < 4.78 is 5.10. The van der Waals surface area contributed by atoms with Crippen LogP contribution in [0.15, 0.2) is 16.0 Å². The second-order valence-corrected chi connectivity index (χ2v) is 4.57. The van der Waals surface area contributed by atoms with Crippen molar-refractivity contribution < 1.29 is 4.74 Å². The maximum absolute atomic E-state index is 11.3. The second kappa shape index (κ2) is 4.81. The number of H-pyrrole nitrogens is 1. The van der Waals surface area contributed by atoms with Gasteiger partial charge in [-0.3, -0.25) is 4.79 Å². The number of aromatic nitrogens is 2. The summed E-state index contributed by atoms with van der Waals surface area (Å²) in [5, 5.41) is 0.710. The van der Waals surface area contributed by atoms with Crippen molar-refractivity contribution in [2.24, 2.45) is 0 Å². The normalized spacial score (nSPS) is 19.1. The molecule has 0 spiro atoms. The van der Waals surface area contributed by atoms with Crippen molar-refractivity contribution in [2.75, 3.05) is 12.4 Å². The second-order valence-electron chi connectivity index (χ2n) is 3.56. The SMILES string of the molecule is CCCc1cc(=O)[nH]c(SCC2CO2)n1. The fourth-order valence-electron chi connectivity index (χ4n) is 1.27. The summed E-state index contributed by atoms with van der Waals surface area (Å²) in [7, 11) is 0. The van der Waals surface area contributed by atoms with Gasteiger partial charge >= 0.3 is 0 Å². The number of nitrogens with zero attached hydrogens (tertiary/aromatic N) is 1. The average molecular weight is 226 g/mol. The van der Waals surface area contributed by atoms with E-state index in [1.54, 1.807) is 17.8 Å². The van der Waals surface area contributed by atoms with Crippen molar-refractivity contribution in [3.63, 3.8) is 0 Å². The lowest BCUT2D eigenvalue weighted by Crippen LogP contribution is -2.10. The molecule has 5 heteroatoms. The molecule has 0 bridgehead atoms. The quantitative estimate of drug-likeness (QED) is 0.466. The fourth-order valence-corrected chi connectivity index (χ4v) is 2.16. The molecule has 1 N–H and O–H groups in total. The van der Waals surface area contributed by atoms with E-state index in [1.807, 2.05) is 0 Å². The molecule has 4 nitrogen and oxygen atoms in total. The summed E-state index contributed by atoms with van der Waals surface area (Å²) >= 11 is 1.55. The summed E-state index contributed by atoms with van der Waals surface area (Å²) in [5.74, 6) is 0.874. The molecule has 1 aliphatic rings. The standard InChI is InChI=1S/C10H14N2O2S/c1-2-3-7-4-9(13)12-10(11-7)15-6-8-5-14-8/h4,8H,2-3,5-6H2,1H3,(H,11,12,13). The summed E-state index contributed by atoms with van der Waals surface area (Å²) in [6.07, 6.45) is 2.22. The van der Waals surface area contributed by atoms with Crippen LogP contribution >= 0.6 is 11.8 Å². The molecule has 82 valence electrons. The van der Waals surface area contributed by atoms with E-state index in [1.165, 1.54) is 0 Å². The molecule has 2 heterocycles. The molecule has 2 rings (SSSR count). The molecule has 0 radical (unpaired) electrons. The zero-order chi connectivity index (χ0) is 10.7. The van der Waals surface area contributed by atoms with Crippen LogP contribution in [0.2, 0.25) is 0 Å². The maximum Gasteiger partial charge on any atom is 0.251 e. The van der Waals surface area contributed by atoms with Gasteiger partial charge in [-0.1, -0.05) is 25.1 Å². The number of aryl methyl sites for hydroxylation is 1. The maximum atomic E-state index is 11.3. The van der Waals surface area contributed by atoms with E-state index in [0.29, 0.717) is 11.3 Å². The third-order valence-electron chi connectivity index (χ3n) is 2.09. The van der Waals surface area contributed by atoms with Gasteiger partial charge < -0.3 is 9.72 Å². The highest BCUT2D eigenvalue weighted by molar-refractivity contribution is 7.99. The van der Waals surface area contributed by atoms with Gasteiger partial charge in [-0.2, -0.15) is 0 Å². The Morgan fingerprint density at radius 1 is 1.73 bits per heavy atom. The first-order valence-electron chi connectivity index (χ1n) is 5.12. The molecule has 0 saturated carbocycles. The van der Waals surface area contributed by atoms with Crippen molar-refractivity contribution in [1.82, 2.24) is 9.97 Å². The molecule has 15 heavy (non-hydrogen) atoms. The highest BCUT2D eigenvalue weighted by Gasteiger charge is 2.22. The first-order chi connectivity index (χ1) is 7.28. The van der Waals surface area contributed by atoms with Gasteiger partial charge in [-0.15, -0.1) is 0 Å². The minimum atomic E-state index is -0.0623. The smallest absolute Gasteiger partial charge is 0.251 e. The number of nitrogens with one attached hydrogen (secondary N) is 1. The van der Waals surface area contributed by atoms with Crippen molar-refractivity contribution in [3.8, 4) is 0 Å². The number of epoxide rings is 1. The Balaban J connectivity index is 2.04. The number of hydrogen-bond donors (Lipinski definition) is 1. The van der Waals surface area contributed by atoms with Crippen LogP contribution in [-0.2, 0) is 11.2 Å². The number of rotatable bonds is 5. The third kappa shape index (κ3) is 3.35. The zero-order valence-electron chi connectivity index (χ0n) is 8.66. The van der Waals surface area contributed by atoms with Crippen molar-refractivity contribution in [1.29, 1.82) is 0 Å². The third-order valence-corrected chi connectivity index (χ3v) is 3.09. The van der Waals surface area contributed by atoms with Crippen molar-refractivity contribution in [2.45, 2.75) is 31.0 Å². The van der Waals surface area contributed by atoms with Gasteiger partial charge in [0.1, 0.15) is 0 Å². The minimum Gasteiger partial charge on any atom is -0.372 e. The Morgan fingerprint density at radius 3 is 3.20 bits per heavy atom. The molecule has 0 aromatic carbocycles. The average Bonchev–Trinajstić information content (AvgIpc) is 2.98. The van der Waals surface area contributed by atoms with Gasteiger partial charge in [0.2, 0.25) is 0 Å². The van der Waals surface area contributed by atoms with E-state index in [-0.39, 0.29) is 5.56 Å². The van der Waals surface area contributed by atoms with Gasteiger partial charge in [-0.05, 0) is 6.42 Å². The van der Waals surface area contributed by atoms with E-state index in [2.05, 4.69) is 16.9 Å². The predicted molar refractivity (Wildman–Crippen MR) is 59.3 cm³/mol. The topological polar surface area (TPSA) is 58.3 Å². The van der Waals surface area contributed by atoms with Gasteiger partial charge in [0.25, 0.3) is 5.56 Å². The first-order valence-corrected chi connectivity index (χ1v) is 6.11. The molecular formula is C10H14N2O2S. The highest BCUT2D eigenvalue weighted by Crippen LogP contribution is 2.20. The van der Waals surface area contributed by atoms with Crippen LogP contribution in [0.1, 0.15) is 19.0 Å². The molecule has 1 aliphatic heterocycles. The van der Waals surface area contributed by atoms with E-state index in [4.69, 9.17) is 4.74 Å². The first kappa shape index (κ1) is 10.7. The van der Waals surface area contributed by atoms with Gasteiger partial charge in [0.05, 0.1) is 12.7 Å². The number of hydrogen-bond acceptors (Lipinski definition) is 4. The van der Waals surface area contributed by atoms with Crippen LogP contribution in [0.3, 0.4) is 0 Å². The van der Waals surface area contributed by atoms with E-state index in [0.717, 1.165) is 30.9 Å². The van der Waals surface area contributed by atoms with E-state index in [9.17, 15) is 4.79 Å². The monoisotopic (exact) mass is 226 g/mol. The molecule has 1 aromatic heterocycles. The fraction of sp³-hybridized carbons (Fsp3) is 0.600. The van der Waals surface area contributed by atoms with Crippen LogP contribution in [0.5, 0.6) is 0 Å². The van der Waals surface area contributed by atoms with E-state index < -0.39 is 0 Å². The minimum absolute atomic E-state index is 0.0623. The summed E-state index contributed by atoms with van der Waals surface area (Å²) in [6, 6.07) is 1.57. The Hall–Kier alpha value is -0.810. The van der Waals surface area contributed by atoms with Crippen LogP contribution in [0.25, 0.3) is 0 Å². The number of aromatic amines is 1. The molecule has 0 aliphatic carbocycles. The van der Waals surface area contributed by atoms with Crippen molar-refractivity contribution in [3.05, 3.63) is 22.1 Å². The Kier molecular flexibility index (Phi) is 3.43. The van der Waals surface area contributed by atoms with Gasteiger partial charge in [-0.25, -0.2) is 4.98 Å². The number of thioether (sulfide) groups is 1. The van der Waals surface area contributed by atoms with Crippen LogP contribution in [0, 0.1) is 0 Å². The molecular weight excluding hydrogens is 212 g/mol. The van der Waals surface area contributed by atoms with Crippen LogP contribution in [-0.4, -0.2) is 28.4 Å². The van der Waals surface area contributed by atoms with Gasteiger partial charge in [0.15, 0.2) is 5.16 Å².